The molecule has 0 saturated carbocycles. The van der Waals surface area contributed by atoms with Gasteiger partial charge in [-0.2, -0.15) is 0 Å². The Morgan fingerprint density at radius 2 is 2.19 bits per heavy atom. The highest BCUT2D eigenvalue weighted by molar-refractivity contribution is 5.88. The van der Waals surface area contributed by atoms with Crippen molar-refractivity contribution in [1.29, 1.82) is 0 Å². The molecule has 1 aromatic rings. The first-order valence-electron chi connectivity index (χ1n) is 5.19. The summed E-state index contributed by atoms with van der Waals surface area (Å²) in [5.74, 6) is 0.237. The summed E-state index contributed by atoms with van der Waals surface area (Å²) < 4.78 is 4.93. The van der Waals surface area contributed by atoms with Gasteiger partial charge >= 0.3 is 5.97 Å². The number of rotatable bonds is 4. The van der Waals surface area contributed by atoms with Gasteiger partial charge in [-0.3, -0.25) is 0 Å². The van der Waals surface area contributed by atoms with E-state index in [4.69, 9.17) is 4.74 Å². The van der Waals surface area contributed by atoms with Gasteiger partial charge in [0.25, 0.3) is 0 Å². The molecule has 88 valence electrons. The van der Waals surface area contributed by atoms with Gasteiger partial charge in [0.2, 0.25) is 0 Å². The summed E-state index contributed by atoms with van der Waals surface area (Å²) in [4.78, 5) is 21.9. The first-order chi connectivity index (χ1) is 7.54. The average molecular weight is 223 g/mol. The van der Waals surface area contributed by atoms with E-state index in [1.54, 1.807) is 20.0 Å². The van der Waals surface area contributed by atoms with Crippen LogP contribution in [0.25, 0.3) is 0 Å². The lowest BCUT2D eigenvalue weighted by atomic mass is 10.2. The summed E-state index contributed by atoms with van der Waals surface area (Å²) >= 11 is 0. The highest BCUT2D eigenvalue weighted by Crippen LogP contribution is 2.06. The van der Waals surface area contributed by atoms with Gasteiger partial charge in [-0.25, -0.2) is 14.8 Å². The van der Waals surface area contributed by atoms with E-state index in [1.165, 1.54) is 0 Å². The third-order valence-electron chi connectivity index (χ3n) is 1.95. The molecule has 5 nitrogen and oxygen atoms in total. The van der Waals surface area contributed by atoms with Crippen LogP contribution in [0.5, 0.6) is 0 Å². The number of esters is 1. The van der Waals surface area contributed by atoms with Crippen LogP contribution < -0.4 is 0 Å². The van der Waals surface area contributed by atoms with Crippen LogP contribution >= 0.6 is 0 Å². The molecule has 0 aliphatic heterocycles. The minimum atomic E-state index is -0.387. The number of nitrogens with zero attached hydrogens (tertiary/aromatic N) is 3. The summed E-state index contributed by atoms with van der Waals surface area (Å²) in [5, 5.41) is 0. The molecule has 0 aliphatic carbocycles. The molecule has 0 N–H and O–H groups in total. The van der Waals surface area contributed by atoms with Crippen molar-refractivity contribution in [2.45, 2.75) is 20.4 Å². The van der Waals surface area contributed by atoms with Gasteiger partial charge in [-0.1, -0.05) is 0 Å². The molecule has 1 rings (SSSR count). The summed E-state index contributed by atoms with van der Waals surface area (Å²) in [6, 6.07) is 0. The van der Waals surface area contributed by atoms with Gasteiger partial charge < -0.3 is 9.64 Å². The predicted molar refractivity (Wildman–Crippen MR) is 60.1 cm³/mol. The van der Waals surface area contributed by atoms with Crippen molar-refractivity contribution in [3.63, 3.8) is 0 Å². The molecule has 0 atom stereocenters. The molecule has 0 saturated heterocycles. The third-order valence-corrected chi connectivity index (χ3v) is 1.95. The topological polar surface area (TPSA) is 55.3 Å². The summed E-state index contributed by atoms with van der Waals surface area (Å²) in [6.07, 6.45) is 1.65. The second-order valence-corrected chi connectivity index (χ2v) is 3.78. The Labute approximate surface area is 95.5 Å². The fourth-order valence-electron chi connectivity index (χ4n) is 1.24. The molecular weight excluding hydrogens is 206 g/mol. The molecule has 0 amide bonds. The van der Waals surface area contributed by atoms with Gasteiger partial charge in [-0.05, 0) is 27.9 Å². The van der Waals surface area contributed by atoms with Crippen molar-refractivity contribution in [3.8, 4) is 0 Å². The second kappa shape index (κ2) is 5.55. The Bertz CT molecular complexity index is 377. The van der Waals surface area contributed by atoms with E-state index in [0.717, 1.165) is 5.56 Å². The van der Waals surface area contributed by atoms with E-state index in [9.17, 15) is 4.79 Å². The lowest BCUT2D eigenvalue weighted by molar-refractivity contribution is 0.0517. The Morgan fingerprint density at radius 3 is 2.75 bits per heavy atom. The van der Waals surface area contributed by atoms with Crippen LogP contribution in [0.4, 0.5) is 0 Å². The maximum atomic E-state index is 11.6. The molecule has 0 spiro atoms. The highest BCUT2D eigenvalue weighted by atomic mass is 16.5. The Hall–Kier alpha value is -1.49. The van der Waals surface area contributed by atoms with Crippen molar-refractivity contribution < 1.29 is 9.53 Å². The van der Waals surface area contributed by atoms with Crippen LogP contribution in [0.3, 0.4) is 0 Å². The maximum absolute atomic E-state index is 11.6. The van der Waals surface area contributed by atoms with E-state index in [2.05, 4.69) is 9.97 Å². The number of carbonyl (C=O) groups is 1. The second-order valence-electron chi connectivity index (χ2n) is 3.78. The van der Waals surface area contributed by atoms with E-state index >= 15 is 0 Å². The summed E-state index contributed by atoms with van der Waals surface area (Å²) in [6.45, 7) is 4.53. The third kappa shape index (κ3) is 3.27. The molecule has 1 heterocycles. The monoisotopic (exact) mass is 223 g/mol. The minimum absolute atomic E-state index is 0.352. The van der Waals surface area contributed by atoms with Crippen LogP contribution in [0.1, 0.15) is 28.8 Å². The normalized spacial score (nSPS) is 10.6. The van der Waals surface area contributed by atoms with E-state index < -0.39 is 0 Å². The van der Waals surface area contributed by atoms with Gasteiger partial charge in [-0.15, -0.1) is 0 Å². The van der Waals surface area contributed by atoms with Crippen LogP contribution in [0.2, 0.25) is 0 Å². The lowest BCUT2D eigenvalue weighted by Crippen LogP contribution is -2.17. The number of carbonyl (C=O) groups excluding carboxylic acids is 1. The Morgan fingerprint density at radius 1 is 1.50 bits per heavy atom. The Balaban J connectivity index is 2.94. The molecule has 0 unspecified atom stereocenters. The molecule has 0 aromatic carbocycles. The molecule has 0 bridgehead atoms. The fraction of sp³-hybridized carbons (Fsp3) is 0.545. The zero-order valence-corrected chi connectivity index (χ0v) is 10.1. The van der Waals surface area contributed by atoms with Crippen molar-refractivity contribution in [2.75, 3.05) is 20.7 Å². The van der Waals surface area contributed by atoms with Crippen LogP contribution in [0.15, 0.2) is 6.20 Å². The first-order valence-corrected chi connectivity index (χ1v) is 5.19. The molecule has 16 heavy (non-hydrogen) atoms. The molecule has 1 aromatic heterocycles. The van der Waals surface area contributed by atoms with E-state index in [-0.39, 0.29) is 5.97 Å². The predicted octanol–water partition coefficient (Wildman–Crippen LogP) is 1.02. The zero-order chi connectivity index (χ0) is 12.1. The smallest absolute Gasteiger partial charge is 0.357 e. The van der Waals surface area contributed by atoms with Crippen molar-refractivity contribution in [3.05, 3.63) is 23.3 Å². The van der Waals surface area contributed by atoms with E-state index in [1.807, 2.05) is 19.0 Å². The van der Waals surface area contributed by atoms with Crippen LogP contribution in [0, 0.1) is 6.92 Å². The summed E-state index contributed by atoms with van der Waals surface area (Å²) in [7, 11) is 3.85. The maximum Gasteiger partial charge on any atom is 0.357 e. The van der Waals surface area contributed by atoms with Crippen molar-refractivity contribution in [1.82, 2.24) is 14.9 Å². The van der Waals surface area contributed by atoms with Crippen LogP contribution in [-0.4, -0.2) is 41.5 Å². The zero-order valence-electron chi connectivity index (χ0n) is 10.1. The first kappa shape index (κ1) is 12.6. The van der Waals surface area contributed by atoms with Crippen LogP contribution in [-0.2, 0) is 11.3 Å². The SMILES string of the molecule is CCOC(=O)c1nc(CN(C)C)ncc1C. The molecule has 5 heteroatoms. The quantitative estimate of drug-likeness (QED) is 0.713. The van der Waals surface area contributed by atoms with Gasteiger partial charge in [0, 0.05) is 11.8 Å². The number of hydrogen-bond acceptors (Lipinski definition) is 5. The molecule has 0 radical (unpaired) electrons. The van der Waals surface area contributed by atoms with E-state index in [0.29, 0.717) is 24.7 Å². The molecule has 0 fully saturated rings. The number of ether oxygens (including phenoxy) is 1. The van der Waals surface area contributed by atoms with Gasteiger partial charge in [0.15, 0.2) is 5.69 Å². The number of hydrogen-bond donors (Lipinski definition) is 0. The number of aryl methyl sites for hydroxylation is 1. The molecular formula is C11H17N3O2. The van der Waals surface area contributed by atoms with Crippen molar-refractivity contribution in [2.24, 2.45) is 0 Å². The Kier molecular flexibility index (Phi) is 4.37. The largest absolute Gasteiger partial charge is 0.461 e. The standard InChI is InChI=1S/C11H17N3O2/c1-5-16-11(15)10-8(2)6-12-9(13-10)7-14(3)4/h6H,5,7H2,1-4H3. The van der Waals surface area contributed by atoms with Gasteiger partial charge in [0.05, 0.1) is 13.2 Å². The highest BCUT2D eigenvalue weighted by Gasteiger charge is 2.13. The van der Waals surface area contributed by atoms with Gasteiger partial charge in [0.1, 0.15) is 5.82 Å². The summed E-state index contributed by atoms with van der Waals surface area (Å²) in [5.41, 5.74) is 1.09. The average Bonchev–Trinajstić information content (AvgIpc) is 2.20. The number of aromatic nitrogens is 2. The minimum Gasteiger partial charge on any atom is -0.461 e. The van der Waals surface area contributed by atoms with Crippen molar-refractivity contribution >= 4 is 5.97 Å². The lowest BCUT2D eigenvalue weighted by Gasteiger charge is -2.10. The molecule has 0 aliphatic rings. The fourth-order valence-corrected chi connectivity index (χ4v) is 1.24.